The molecular weight excluding hydrogens is 420 g/mol. The molecule has 0 N–H and O–H groups in total. The first-order valence-corrected chi connectivity index (χ1v) is 11.1. The Labute approximate surface area is 175 Å². The fraction of sp³-hybridized carbons (Fsp3) is 0.619. The molecule has 152 valence electrons. The summed E-state index contributed by atoms with van der Waals surface area (Å²) in [5.41, 5.74) is 4.55. The second kappa shape index (κ2) is 7.34. The Balaban J connectivity index is 1.77. The van der Waals surface area contributed by atoms with Crippen LogP contribution in [0.1, 0.15) is 61.8 Å². The number of aryl methyl sites for hydroxylation is 3. The van der Waals surface area contributed by atoms with Crippen LogP contribution < -0.4 is 0 Å². The summed E-state index contributed by atoms with van der Waals surface area (Å²) in [5.74, 6) is 0.992. The third-order valence-electron chi connectivity index (χ3n) is 6.03. The first-order chi connectivity index (χ1) is 13.3. The van der Waals surface area contributed by atoms with Gasteiger partial charge in [0.25, 0.3) is 5.91 Å². The molecule has 4 rings (SSSR count). The van der Waals surface area contributed by atoms with E-state index >= 15 is 0 Å². The molecule has 1 aromatic carbocycles. The van der Waals surface area contributed by atoms with Crippen LogP contribution in [0.3, 0.4) is 0 Å². The highest BCUT2D eigenvalue weighted by Crippen LogP contribution is 2.41. The van der Waals surface area contributed by atoms with E-state index in [1.54, 1.807) is 0 Å². The van der Waals surface area contributed by atoms with Crippen molar-refractivity contribution in [1.29, 1.82) is 0 Å². The summed E-state index contributed by atoms with van der Waals surface area (Å²) < 4.78 is 0. The Morgan fingerprint density at radius 1 is 1.14 bits per heavy atom. The summed E-state index contributed by atoms with van der Waals surface area (Å²) in [6.07, 6.45) is 4.28. The van der Waals surface area contributed by atoms with Gasteiger partial charge in [0, 0.05) is 10.7 Å². The van der Waals surface area contributed by atoms with E-state index in [-0.39, 0.29) is 28.7 Å². The molecule has 2 heterocycles. The number of benzene rings is 1. The van der Waals surface area contributed by atoms with Crippen LogP contribution >= 0.6 is 15.9 Å². The van der Waals surface area contributed by atoms with E-state index in [1.165, 1.54) is 5.56 Å². The van der Waals surface area contributed by atoms with Gasteiger partial charge in [0.2, 0.25) is 5.84 Å². The van der Waals surface area contributed by atoms with Crippen molar-refractivity contribution in [1.82, 2.24) is 15.3 Å². The van der Waals surface area contributed by atoms with Crippen LogP contribution in [0.5, 0.6) is 0 Å². The van der Waals surface area contributed by atoms with Crippen molar-refractivity contribution in [2.45, 2.75) is 77.2 Å². The minimum absolute atomic E-state index is 0.0787. The maximum absolute atomic E-state index is 13.5. The number of carbonyl (C=O) groups excluding carboxylic acids is 1. The fourth-order valence-corrected chi connectivity index (χ4v) is 4.97. The molecule has 1 aliphatic carbocycles. The Morgan fingerprint density at radius 3 is 2.36 bits per heavy atom. The molecule has 1 saturated carbocycles. The number of nitrogens with zero attached hydrogens (tertiary/aromatic N) is 4. The monoisotopic (exact) mass is 448 g/mol. The van der Waals surface area contributed by atoms with E-state index in [9.17, 15) is 4.79 Å². The number of hydrogen-bond donors (Lipinski definition) is 0. The first kappa shape index (κ1) is 19.7. The minimum Gasteiger partial charge on any atom is -0.272 e. The van der Waals surface area contributed by atoms with E-state index in [4.69, 9.17) is 4.94 Å². The molecule has 3 unspecified atom stereocenters. The van der Waals surface area contributed by atoms with Crippen molar-refractivity contribution in [2.75, 3.05) is 0 Å². The quantitative estimate of drug-likeness (QED) is 0.649. The van der Waals surface area contributed by atoms with Crippen molar-refractivity contribution in [2.24, 2.45) is 11.1 Å². The molecule has 7 heteroatoms. The Bertz CT molecular complexity index is 802. The van der Waals surface area contributed by atoms with Gasteiger partial charge in [-0.3, -0.25) is 9.73 Å². The third kappa shape index (κ3) is 3.03. The van der Waals surface area contributed by atoms with Gasteiger partial charge >= 0.3 is 0 Å². The highest BCUT2D eigenvalue weighted by Gasteiger charge is 2.56. The SMILES string of the molecule is Cc1cc(C)c(C2=NON3C4CCCCC4N(C(=O)C(Br)C(C)C)N23)c(C)c1. The van der Waals surface area contributed by atoms with E-state index in [1.807, 2.05) is 15.3 Å². The van der Waals surface area contributed by atoms with Crippen molar-refractivity contribution in [3.63, 3.8) is 0 Å². The van der Waals surface area contributed by atoms with Crippen LogP contribution in [0.25, 0.3) is 0 Å². The number of hydrogen-bond acceptors (Lipinski definition) is 5. The Morgan fingerprint density at radius 2 is 1.75 bits per heavy atom. The lowest BCUT2D eigenvalue weighted by atomic mass is 9.90. The smallest absolute Gasteiger partial charge is 0.256 e. The molecule has 1 saturated heterocycles. The molecule has 1 amide bonds. The molecule has 2 fully saturated rings. The first-order valence-electron chi connectivity index (χ1n) is 10.2. The molecule has 2 aliphatic heterocycles. The van der Waals surface area contributed by atoms with Crippen LogP contribution in [0.15, 0.2) is 17.3 Å². The molecule has 28 heavy (non-hydrogen) atoms. The van der Waals surface area contributed by atoms with Crippen molar-refractivity contribution in [3.05, 3.63) is 34.4 Å². The largest absolute Gasteiger partial charge is 0.272 e. The van der Waals surface area contributed by atoms with Gasteiger partial charge < -0.3 is 0 Å². The zero-order valence-corrected chi connectivity index (χ0v) is 18.9. The third-order valence-corrected chi connectivity index (χ3v) is 7.48. The molecule has 0 bridgehead atoms. The number of hydrazine groups is 2. The molecule has 3 aliphatic rings. The van der Waals surface area contributed by atoms with Gasteiger partial charge in [-0.25, -0.2) is 5.01 Å². The summed E-state index contributed by atoms with van der Waals surface area (Å²) in [6.45, 7) is 10.4. The highest BCUT2D eigenvalue weighted by molar-refractivity contribution is 9.10. The predicted octanol–water partition coefficient (Wildman–Crippen LogP) is 4.23. The summed E-state index contributed by atoms with van der Waals surface area (Å²) >= 11 is 3.63. The number of amides is 1. The number of carbonyl (C=O) groups is 1. The molecule has 0 radical (unpaired) electrons. The number of fused-ring (bicyclic) bond motifs is 3. The number of amidine groups is 1. The van der Waals surface area contributed by atoms with Gasteiger partial charge in [-0.2, -0.15) is 5.12 Å². The molecule has 0 aromatic heterocycles. The summed E-state index contributed by atoms with van der Waals surface area (Å²) in [7, 11) is 0. The lowest BCUT2D eigenvalue weighted by Gasteiger charge is -2.34. The Kier molecular flexibility index (Phi) is 5.16. The van der Waals surface area contributed by atoms with Gasteiger partial charge in [0.1, 0.15) is 0 Å². The maximum atomic E-state index is 13.5. The van der Waals surface area contributed by atoms with E-state index < -0.39 is 0 Å². The van der Waals surface area contributed by atoms with E-state index in [0.29, 0.717) is 5.84 Å². The summed E-state index contributed by atoms with van der Waals surface area (Å²) in [5, 5.41) is 10.1. The van der Waals surface area contributed by atoms with Crippen molar-refractivity contribution < 1.29 is 9.73 Å². The minimum atomic E-state index is -0.239. The number of oxime groups is 1. The van der Waals surface area contributed by atoms with Crippen LogP contribution in [-0.4, -0.2) is 44.0 Å². The molecule has 6 nitrogen and oxygen atoms in total. The maximum Gasteiger partial charge on any atom is 0.256 e. The summed E-state index contributed by atoms with van der Waals surface area (Å²) in [6, 6.07) is 4.59. The number of rotatable bonds is 3. The van der Waals surface area contributed by atoms with Crippen molar-refractivity contribution >= 4 is 27.7 Å². The topological polar surface area (TPSA) is 48.4 Å². The van der Waals surface area contributed by atoms with Crippen LogP contribution in [0.2, 0.25) is 0 Å². The normalized spacial score (nSPS) is 25.5. The summed E-state index contributed by atoms with van der Waals surface area (Å²) in [4.78, 5) is 19.1. The second-order valence-electron chi connectivity index (χ2n) is 8.61. The second-order valence-corrected chi connectivity index (χ2v) is 9.60. The molecular formula is C21H29BrN4O2. The van der Waals surface area contributed by atoms with Crippen LogP contribution in [0.4, 0.5) is 0 Å². The van der Waals surface area contributed by atoms with Crippen LogP contribution in [-0.2, 0) is 9.73 Å². The lowest BCUT2D eigenvalue weighted by molar-refractivity contribution is -0.262. The van der Waals surface area contributed by atoms with E-state index in [2.05, 4.69) is 67.8 Å². The molecule has 0 spiro atoms. The average Bonchev–Trinajstić information content (AvgIpc) is 3.18. The van der Waals surface area contributed by atoms with Crippen LogP contribution in [0, 0.1) is 26.7 Å². The van der Waals surface area contributed by atoms with E-state index in [0.717, 1.165) is 42.4 Å². The number of halogens is 1. The van der Waals surface area contributed by atoms with Gasteiger partial charge in [-0.1, -0.05) is 60.3 Å². The Hall–Kier alpha value is -1.60. The standard InChI is InChI=1S/C21H29BrN4O2/c1-12(2)19(22)21(27)24-16-8-6-7-9-17(16)26-25(24)20(23-28-26)18-14(4)10-13(3)11-15(18)5/h10-12,16-17,19H,6-9H2,1-5H3. The van der Waals surface area contributed by atoms with Gasteiger partial charge in [-0.05, 0) is 55.8 Å². The zero-order valence-electron chi connectivity index (χ0n) is 17.3. The number of hydroxylamine groups is 1. The van der Waals surface area contributed by atoms with Crippen molar-refractivity contribution in [3.8, 4) is 0 Å². The fourth-order valence-electron chi connectivity index (χ4n) is 4.76. The highest BCUT2D eigenvalue weighted by atomic mass is 79.9. The predicted molar refractivity (Wildman–Crippen MR) is 112 cm³/mol. The van der Waals surface area contributed by atoms with Gasteiger partial charge in [-0.15, -0.1) is 0 Å². The molecule has 3 atom stereocenters. The lowest BCUT2D eigenvalue weighted by Crippen LogP contribution is -2.53. The molecule has 1 aromatic rings. The van der Waals surface area contributed by atoms with Gasteiger partial charge in [0.05, 0.1) is 16.9 Å². The average molecular weight is 449 g/mol. The number of alkyl halides is 1. The zero-order chi connectivity index (χ0) is 20.2. The van der Waals surface area contributed by atoms with Gasteiger partial charge in [0.15, 0.2) is 0 Å².